The molecule has 0 spiro atoms. The second-order valence-electron chi connectivity index (χ2n) is 9.46. The molecule has 1 unspecified atom stereocenters. The van der Waals surface area contributed by atoms with E-state index in [1.807, 2.05) is 36.4 Å². The number of benzene rings is 2. The third kappa shape index (κ3) is 5.98. The highest BCUT2D eigenvalue weighted by Crippen LogP contribution is 2.28. The lowest BCUT2D eigenvalue weighted by molar-refractivity contribution is -0.112. The zero-order chi connectivity index (χ0) is 26.3. The van der Waals surface area contributed by atoms with E-state index in [0.29, 0.717) is 46.3 Å². The van der Waals surface area contributed by atoms with Gasteiger partial charge in [0.05, 0.1) is 10.9 Å². The molecule has 0 saturated carbocycles. The van der Waals surface area contributed by atoms with Crippen LogP contribution in [0.3, 0.4) is 0 Å². The first kappa shape index (κ1) is 25.4. The normalized spacial score (nSPS) is 16.1. The molecule has 8 nitrogen and oxygen atoms in total. The number of carbonyl (C=O) groups excluding carboxylic acids is 2. The molecule has 194 valence electrons. The number of fused-ring (bicyclic) bond motifs is 1. The first-order valence-corrected chi connectivity index (χ1v) is 12.9. The van der Waals surface area contributed by atoms with E-state index in [0.717, 1.165) is 38.1 Å². The van der Waals surface area contributed by atoms with Gasteiger partial charge in [-0.1, -0.05) is 30.7 Å². The number of ketones is 2. The minimum Gasteiger partial charge on any atom is -0.457 e. The standard InChI is InChI=1S/C30H31N5O3/c1-21(36)8-7-17-35-16-6-5-9-23(35)18-31-29-27-26(19-32-30(27)34-20-33-29)28(37)22-12-14-25(15-13-22)38-24-10-3-2-4-11-24/h2-4,7-8,10-15,19-20,23H,5-6,9,16-18H2,1H3,(H2,31,32,33,34)/b8-7+. The van der Waals surface area contributed by atoms with E-state index >= 15 is 0 Å². The summed E-state index contributed by atoms with van der Waals surface area (Å²) in [6, 6.07) is 17.0. The molecule has 4 aromatic rings. The number of aromatic nitrogens is 3. The van der Waals surface area contributed by atoms with Crippen LogP contribution in [0, 0.1) is 0 Å². The van der Waals surface area contributed by atoms with Crippen molar-refractivity contribution in [1.29, 1.82) is 0 Å². The Morgan fingerprint density at radius 2 is 1.87 bits per heavy atom. The molecule has 2 aromatic carbocycles. The summed E-state index contributed by atoms with van der Waals surface area (Å²) < 4.78 is 5.86. The van der Waals surface area contributed by atoms with Crippen LogP contribution in [-0.4, -0.2) is 57.1 Å². The summed E-state index contributed by atoms with van der Waals surface area (Å²) in [4.78, 5) is 39.1. The summed E-state index contributed by atoms with van der Waals surface area (Å²) in [6.45, 7) is 3.98. The smallest absolute Gasteiger partial charge is 0.195 e. The molecule has 1 saturated heterocycles. The number of allylic oxidation sites excluding steroid dienone is 1. The monoisotopic (exact) mass is 509 g/mol. The van der Waals surface area contributed by atoms with Gasteiger partial charge in [-0.3, -0.25) is 14.5 Å². The van der Waals surface area contributed by atoms with Gasteiger partial charge in [0.1, 0.15) is 29.3 Å². The predicted molar refractivity (Wildman–Crippen MR) is 148 cm³/mol. The van der Waals surface area contributed by atoms with Crippen molar-refractivity contribution in [2.24, 2.45) is 0 Å². The van der Waals surface area contributed by atoms with Gasteiger partial charge in [-0.15, -0.1) is 0 Å². The molecule has 1 aliphatic rings. The number of nitrogens with one attached hydrogen (secondary N) is 2. The van der Waals surface area contributed by atoms with Gasteiger partial charge in [0.15, 0.2) is 11.6 Å². The number of piperidine rings is 1. The van der Waals surface area contributed by atoms with E-state index < -0.39 is 0 Å². The van der Waals surface area contributed by atoms with Crippen LogP contribution in [-0.2, 0) is 4.79 Å². The average molecular weight is 510 g/mol. The zero-order valence-corrected chi connectivity index (χ0v) is 21.4. The number of hydrogen-bond acceptors (Lipinski definition) is 7. The first-order chi connectivity index (χ1) is 18.6. The Morgan fingerprint density at radius 3 is 2.66 bits per heavy atom. The van der Waals surface area contributed by atoms with Crippen LogP contribution >= 0.6 is 0 Å². The molecule has 38 heavy (non-hydrogen) atoms. The molecule has 0 radical (unpaired) electrons. The van der Waals surface area contributed by atoms with Gasteiger partial charge in [0, 0.05) is 30.9 Å². The summed E-state index contributed by atoms with van der Waals surface area (Å²) in [6.07, 6.45) is 10.1. The number of anilines is 1. The molecule has 2 aromatic heterocycles. The highest BCUT2D eigenvalue weighted by Gasteiger charge is 2.23. The van der Waals surface area contributed by atoms with Crippen LogP contribution < -0.4 is 10.1 Å². The molecule has 0 aliphatic carbocycles. The summed E-state index contributed by atoms with van der Waals surface area (Å²) in [5.74, 6) is 1.97. The van der Waals surface area contributed by atoms with Crippen LogP contribution in [0.2, 0.25) is 0 Å². The fourth-order valence-electron chi connectivity index (χ4n) is 4.83. The number of nitrogens with zero attached hydrogens (tertiary/aromatic N) is 3. The lowest BCUT2D eigenvalue weighted by Gasteiger charge is -2.35. The van der Waals surface area contributed by atoms with Crippen LogP contribution in [0.5, 0.6) is 11.5 Å². The van der Waals surface area contributed by atoms with Crippen LogP contribution in [0.15, 0.2) is 79.3 Å². The molecular weight excluding hydrogens is 478 g/mol. The second-order valence-corrected chi connectivity index (χ2v) is 9.46. The van der Waals surface area contributed by atoms with Crippen LogP contribution in [0.4, 0.5) is 5.82 Å². The van der Waals surface area contributed by atoms with Crippen molar-refractivity contribution in [1.82, 2.24) is 19.9 Å². The van der Waals surface area contributed by atoms with Gasteiger partial charge in [0.25, 0.3) is 0 Å². The molecule has 0 bridgehead atoms. The van der Waals surface area contributed by atoms with Crippen molar-refractivity contribution in [2.75, 3.05) is 25.0 Å². The highest BCUT2D eigenvalue weighted by atomic mass is 16.5. The Morgan fingerprint density at radius 1 is 1.08 bits per heavy atom. The third-order valence-corrected chi connectivity index (χ3v) is 6.76. The molecule has 8 heteroatoms. The Balaban J connectivity index is 1.32. The van der Waals surface area contributed by atoms with Crippen molar-refractivity contribution in [3.63, 3.8) is 0 Å². The summed E-state index contributed by atoms with van der Waals surface area (Å²) in [5.41, 5.74) is 1.68. The lowest BCUT2D eigenvalue weighted by atomic mass is 10.0. The van der Waals surface area contributed by atoms with Crippen molar-refractivity contribution in [3.8, 4) is 11.5 Å². The number of carbonyl (C=O) groups is 2. The van der Waals surface area contributed by atoms with Crippen molar-refractivity contribution in [3.05, 3.63) is 90.4 Å². The second kappa shape index (κ2) is 11.8. The van der Waals surface area contributed by atoms with Crippen molar-refractivity contribution >= 4 is 28.4 Å². The minimum absolute atomic E-state index is 0.0584. The highest BCUT2D eigenvalue weighted by molar-refractivity contribution is 6.18. The third-order valence-electron chi connectivity index (χ3n) is 6.76. The van der Waals surface area contributed by atoms with Gasteiger partial charge < -0.3 is 15.0 Å². The topological polar surface area (TPSA) is 100 Å². The molecular formula is C30H31N5O3. The largest absolute Gasteiger partial charge is 0.457 e. The minimum atomic E-state index is -0.117. The maximum atomic E-state index is 13.5. The molecule has 5 rings (SSSR count). The average Bonchev–Trinajstić information content (AvgIpc) is 3.38. The van der Waals surface area contributed by atoms with E-state index in [4.69, 9.17) is 4.74 Å². The number of para-hydroxylation sites is 1. The molecule has 1 atom stereocenters. The number of likely N-dealkylation sites (tertiary alicyclic amines) is 1. The SMILES string of the molecule is CC(=O)/C=C/CN1CCCCC1CNc1ncnc2[nH]cc(C(=O)c3ccc(Oc4ccccc4)cc3)c12. The summed E-state index contributed by atoms with van der Waals surface area (Å²) in [7, 11) is 0. The Bertz CT molecular complexity index is 1430. The molecule has 1 fully saturated rings. The number of aromatic amines is 1. The van der Waals surface area contributed by atoms with E-state index in [1.54, 1.807) is 43.5 Å². The van der Waals surface area contributed by atoms with Gasteiger partial charge in [-0.25, -0.2) is 9.97 Å². The molecule has 3 heterocycles. The zero-order valence-electron chi connectivity index (χ0n) is 21.4. The maximum absolute atomic E-state index is 13.5. The first-order valence-electron chi connectivity index (χ1n) is 12.9. The van der Waals surface area contributed by atoms with Crippen molar-refractivity contribution < 1.29 is 14.3 Å². The lowest BCUT2D eigenvalue weighted by Crippen LogP contribution is -2.43. The van der Waals surface area contributed by atoms with Crippen LogP contribution in [0.1, 0.15) is 42.1 Å². The number of rotatable bonds is 10. The molecule has 0 amide bonds. The Labute approximate surface area is 221 Å². The van der Waals surface area contributed by atoms with Gasteiger partial charge >= 0.3 is 0 Å². The molecule has 2 N–H and O–H groups in total. The van der Waals surface area contributed by atoms with E-state index in [-0.39, 0.29) is 11.6 Å². The number of ether oxygens (including phenoxy) is 1. The van der Waals surface area contributed by atoms with Gasteiger partial charge in [-0.05, 0) is 68.8 Å². The number of hydrogen-bond donors (Lipinski definition) is 2. The quantitative estimate of drug-likeness (QED) is 0.218. The Kier molecular flexibility index (Phi) is 7.89. The Hall–Kier alpha value is -4.30. The van der Waals surface area contributed by atoms with E-state index in [9.17, 15) is 9.59 Å². The fraction of sp³-hybridized carbons (Fsp3) is 0.267. The summed E-state index contributed by atoms with van der Waals surface area (Å²) >= 11 is 0. The fourth-order valence-corrected chi connectivity index (χ4v) is 4.83. The maximum Gasteiger partial charge on any atom is 0.195 e. The van der Waals surface area contributed by atoms with Gasteiger partial charge in [-0.2, -0.15) is 0 Å². The molecule has 1 aliphatic heterocycles. The predicted octanol–water partition coefficient (Wildman–Crippen LogP) is 5.39. The summed E-state index contributed by atoms with van der Waals surface area (Å²) in [5, 5.41) is 4.16. The van der Waals surface area contributed by atoms with Crippen molar-refractivity contribution in [2.45, 2.75) is 32.2 Å². The van der Waals surface area contributed by atoms with Gasteiger partial charge in [0.2, 0.25) is 0 Å². The van der Waals surface area contributed by atoms with Crippen LogP contribution in [0.25, 0.3) is 11.0 Å². The number of H-pyrrole nitrogens is 1. The van der Waals surface area contributed by atoms with E-state index in [1.165, 1.54) is 6.33 Å². The van der Waals surface area contributed by atoms with E-state index in [2.05, 4.69) is 25.2 Å².